The van der Waals surface area contributed by atoms with E-state index in [-0.39, 0.29) is 0 Å². The van der Waals surface area contributed by atoms with Gasteiger partial charge in [-0.25, -0.2) is 0 Å². The summed E-state index contributed by atoms with van der Waals surface area (Å²) < 4.78 is 0. The fraction of sp³-hybridized carbons (Fsp3) is 1.00. The van der Waals surface area contributed by atoms with Crippen molar-refractivity contribution in [2.45, 2.75) is 53.9 Å². The van der Waals surface area contributed by atoms with Crippen molar-refractivity contribution in [3.05, 3.63) is 0 Å². The van der Waals surface area contributed by atoms with Gasteiger partial charge in [-0.2, -0.15) is 0 Å². The van der Waals surface area contributed by atoms with E-state index in [1.54, 1.807) is 0 Å². The van der Waals surface area contributed by atoms with E-state index in [0.29, 0.717) is 5.41 Å². The Labute approximate surface area is 85.1 Å². The Morgan fingerprint density at radius 1 is 0.923 bits per heavy atom. The molecule has 0 spiro atoms. The molecule has 0 atom stereocenters. The van der Waals surface area contributed by atoms with Crippen LogP contribution in [0.3, 0.4) is 0 Å². The van der Waals surface area contributed by atoms with Gasteiger partial charge in [-0.05, 0) is 31.8 Å². The summed E-state index contributed by atoms with van der Waals surface area (Å²) in [5.74, 6) is 0. The highest BCUT2D eigenvalue weighted by atomic mass is 14.6. The first-order valence-corrected chi connectivity index (χ1v) is 5.37. The lowest BCUT2D eigenvalue weighted by molar-refractivity contribution is 0.310. The molecule has 0 aliphatic carbocycles. The van der Waals surface area contributed by atoms with Gasteiger partial charge in [-0.15, -0.1) is 0 Å². The Hall–Kier alpha value is -0.0800. The van der Waals surface area contributed by atoms with Crippen molar-refractivity contribution in [1.82, 2.24) is 0 Å². The van der Waals surface area contributed by atoms with Gasteiger partial charge in [0.1, 0.15) is 0 Å². The molecule has 0 aromatic carbocycles. The van der Waals surface area contributed by atoms with E-state index < -0.39 is 0 Å². The van der Waals surface area contributed by atoms with E-state index in [1.807, 2.05) is 0 Å². The molecule has 0 saturated heterocycles. The molecule has 0 aliphatic heterocycles. The lowest BCUT2D eigenvalue weighted by Crippen LogP contribution is -2.25. The zero-order chi connectivity index (χ0) is 11.3. The summed E-state index contributed by atoms with van der Waals surface area (Å²) in [6.45, 7) is 11.7. The molecule has 0 aliphatic rings. The summed E-state index contributed by atoms with van der Waals surface area (Å²) in [6, 6.07) is 0. The van der Waals surface area contributed by atoms with Crippen LogP contribution in [0.1, 0.15) is 53.9 Å². The predicted molar refractivity (Wildman–Crippen MR) is 63.8 cm³/mol. The molecule has 0 aromatic rings. The van der Waals surface area contributed by atoms with Crippen LogP contribution in [0.4, 0.5) is 0 Å². The molecule has 2 heteroatoms. The van der Waals surface area contributed by atoms with Gasteiger partial charge in [0.25, 0.3) is 0 Å². The summed E-state index contributed by atoms with van der Waals surface area (Å²) in [5.41, 5.74) is 10.4. The summed E-state index contributed by atoms with van der Waals surface area (Å²) in [7, 11) is 1.50. The minimum atomic E-state index is 0.403. The van der Waals surface area contributed by atoms with Crippen LogP contribution in [-0.2, 0) is 0 Å². The summed E-state index contributed by atoms with van der Waals surface area (Å²) >= 11 is 0. The lowest BCUT2D eigenvalue weighted by atomic mass is 9.85. The normalized spacial score (nSPS) is 9.23. The maximum Gasteiger partial charge on any atom is -0.00234 e. The maximum absolute atomic E-state index is 5.53. The third-order valence-corrected chi connectivity index (χ3v) is 2.20. The molecule has 4 N–H and O–H groups in total. The van der Waals surface area contributed by atoms with Gasteiger partial charge in [0.15, 0.2) is 0 Å². The molecule has 0 bridgehead atoms. The van der Waals surface area contributed by atoms with Crippen molar-refractivity contribution in [3.63, 3.8) is 0 Å². The number of hydrogen-bond acceptors (Lipinski definition) is 2. The van der Waals surface area contributed by atoms with Crippen LogP contribution in [-0.4, -0.2) is 13.6 Å². The third-order valence-electron chi connectivity index (χ3n) is 2.20. The second-order valence-corrected chi connectivity index (χ2v) is 3.43. The van der Waals surface area contributed by atoms with Crippen LogP contribution in [0.2, 0.25) is 0 Å². The van der Waals surface area contributed by atoms with E-state index in [0.717, 1.165) is 6.54 Å². The number of hydrogen-bond donors (Lipinski definition) is 2. The minimum absolute atomic E-state index is 0.403. The first-order valence-electron chi connectivity index (χ1n) is 5.37. The molecule has 0 heterocycles. The van der Waals surface area contributed by atoms with Crippen molar-refractivity contribution in [3.8, 4) is 0 Å². The van der Waals surface area contributed by atoms with Gasteiger partial charge in [0.2, 0.25) is 0 Å². The van der Waals surface area contributed by atoms with Crippen molar-refractivity contribution >= 4 is 0 Å². The molecular weight excluding hydrogens is 160 g/mol. The molecule has 0 saturated carbocycles. The van der Waals surface area contributed by atoms with Crippen molar-refractivity contribution in [2.24, 2.45) is 16.9 Å². The molecule has 0 unspecified atom stereocenters. The third kappa shape index (κ3) is 14.7. The van der Waals surface area contributed by atoms with Crippen LogP contribution in [0.15, 0.2) is 0 Å². The first kappa shape index (κ1) is 18.7. The van der Waals surface area contributed by atoms with Gasteiger partial charge in [0, 0.05) is 0 Å². The molecule has 13 heavy (non-hydrogen) atoms. The molecule has 0 fully saturated rings. The van der Waals surface area contributed by atoms with E-state index in [9.17, 15) is 0 Å². The highest BCUT2D eigenvalue weighted by Gasteiger charge is 2.15. The van der Waals surface area contributed by atoms with E-state index in [2.05, 4.69) is 40.4 Å². The van der Waals surface area contributed by atoms with Gasteiger partial charge in [0.05, 0.1) is 0 Å². The SMILES string of the molecule is CCC.CCC(C)(CC)CN.CN. The Morgan fingerprint density at radius 2 is 1.15 bits per heavy atom. The van der Waals surface area contributed by atoms with Crippen LogP contribution in [0.25, 0.3) is 0 Å². The highest BCUT2D eigenvalue weighted by Crippen LogP contribution is 2.22. The number of nitrogens with two attached hydrogens (primary N) is 2. The quantitative estimate of drug-likeness (QED) is 0.719. The van der Waals surface area contributed by atoms with Crippen molar-refractivity contribution in [2.75, 3.05) is 13.6 Å². The van der Waals surface area contributed by atoms with Crippen molar-refractivity contribution in [1.29, 1.82) is 0 Å². The van der Waals surface area contributed by atoms with Crippen molar-refractivity contribution < 1.29 is 0 Å². The second kappa shape index (κ2) is 14.4. The standard InChI is InChI=1S/C7H17N.C3H8.CH5N/c1-4-7(3,5-2)6-8;1-3-2;1-2/h4-6,8H2,1-3H3;3H2,1-2H3;2H2,1H3. The van der Waals surface area contributed by atoms with E-state index in [4.69, 9.17) is 5.73 Å². The minimum Gasteiger partial charge on any atom is -0.333 e. The topological polar surface area (TPSA) is 52.0 Å². The monoisotopic (exact) mass is 190 g/mol. The lowest BCUT2D eigenvalue weighted by Gasteiger charge is -2.23. The zero-order valence-electron chi connectivity index (χ0n) is 10.5. The van der Waals surface area contributed by atoms with Crippen LogP contribution < -0.4 is 11.5 Å². The summed E-state index contributed by atoms with van der Waals surface area (Å²) in [5, 5.41) is 0. The second-order valence-electron chi connectivity index (χ2n) is 3.43. The van der Waals surface area contributed by atoms with Crippen LogP contribution in [0.5, 0.6) is 0 Å². The molecular formula is C11H30N2. The zero-order valence-corrected chi connectivity index (χ0v) is 10.5. The molecule has 84 valence electrons. The van der Waals surface area contributed by atoms with Gasteiger partial charge in [-0.3, -0.25) is 0 Å². The largest absolute Gasteiger partial charge is 0.333 e. The van der Waals surface area contributed by atoms with Gasteiger partial charge >= 0.3 is 0 Å². The van der Waals surface area contributed by atoms with Crippen LogP contribution in [0, 0.1) is 5.41 Å². The number of rotatable bonds is 3. The summed E-state index contributed by atoms with van der Waals surface area (Å²) in [4.78, 5) is 0. The Balaban J connectivity index is -0.000000169. The average molecular weight is 190 g/mol. The Kier molecular flexibility index (Phi) is 20.7. The Bertz CT molecular complexity index is 60.2. The molecule has 2 nitrogen and oxygen atoms in total. The molecule has 0 aromatic heterocycles. The van der Waals surface area contributed by atoms with Gasteiger partial charge < -0.3 is 11.5 Å². The smallest absolute Gasteiger partial charge is 0.00234 e. The van der Waals surface area contributed by atoms with E-state index >= 15 is 0 Å². The maximum atomic E-state index is 5.53. The Morgan fingerprint density at radius 3 is 1.15 bits per heavy atom. The fourth-order valence-electron chi connectivity index (χ4n) is 0.539. The molecule has 0 radical (unpaired) electrons. The average Bonchev–Trinajstić information content (AvgIpc) is 2.21. The predicted octanol–water partition coefficient (Wildman–Crippen LogP) is 2.76. The summed E-state index contributed by atoms with van der Waals surface area (Å²) in [6.07, 6.45) is 3.64. The van der Waals surface area contributed by atoms with Crippen LogP contribution >= 0.6 is 0 Å². The van der Waals surface area contributed by atoms with E-state index in [1.165, 1.54) is 26.3 Å². The first-order chi connectivity index (χ1) is 6.10. The highest BCUT2D eigenvalue weighted by molar-refractivity contribution is 4.70. The molecule has 0 amide bonds. The molecule has 0 rings (SSSR count). The fourth-order valence-corrected chi connectivity index (χ4v) is 0.539. The van der Waals surface area contributed by atoms with Gasteiger partial charge in [-0.1, -0.05) is 41.0 Å².